The highest BCUT2D eigenvalue weighted by atomic mass is 32.1. The highest BCUT2D eigenvalue weighted by Gasteiger charge is 2.45. The summed E-state index contributed by atoms with van der Waals surface area (Å²) in [6, 6.07) is 14.3. The lowest BCUT2D eigenvalue weighted by Crippen LogP contribution is -2.36. The fourth-order valence-electron chi connectivity index (χ4n) is 4.88. The fourth-order valence-corrected chi connectivity index (χ4v) is 5.43. The van der Waals surface area contributed by atoms with Gasteiger partial charge in [0, 0.05) is 46.5 Å². The topological polar surface area (TPSA) is 159 Å². The summed E-state index contributed by atoms with van der Waals surface area (Å²) in [4.78, 5) is 33.1. The van der Waals surface area contributed by atoms with Crippen LogP contribution in [0.25, 0.3) is 21.8 Å². The van der Waals surface area contributed by atoms with Crippen LogP contribution in [0.1, 0.15) is 24.3 Å². The summed E-state index contributed by atoms with van der Waals surface area (Å²) in [6.45, 7) is 2.26. The van der Waals surface area contributed by atoms with Crippen LogP contribution in [0.5, 0.6) is 0 Å². The van der Waals surface area contributed by atoms with Crippen LogP contribution in [-0.2, 0) is 26.8 Å². The number of fused-ring (bicyclic) bond motifs is 3. The Labute approximate surface area is 215 Å². The molecule has 5 N–H and O–H groups in total. The molecule has 0 saturated carbocycles. The number of aryl methyl sites for hydroxylation is 1. The van der Waals surface area contributed by atoms with Crippen LogP contribution in [0.4, 0.5) is 0 Å². The lowest BCUT2D eigenvalue weighted by molar-refractivity contribution is -0.0543. The first-order chi connectivity index (χ1) is 17.6. The van der Waals surface area contributed by atoms with E-state index in [4.69, 9.17) is 26.7 Å². The molecule has 1 aliphatic heterocycles. The standard InChI is InChI=1S/C24H26N3O8PS/c1-2-26-17-6-4-3-5-15(17)16-10-13(7-8-18(16)26)9-14-11-27(24(30)25-22(14)37)23-21(29)20(28)19(35-23)12-34-36(31,32)33/h3-8,10-11,19-21,23,28-29H,2,9,12H2,1H3,(H,25,30,37)(H2,31,32,33)/t19-,20-,21-,23-/m1/s1. The zero-order valence-corrected chi connectivity index (χ0v) is 21.4. The monoisotopic (exact) mass is 547 g/mol. The molecule has 4 aromatic rings. The average Bonchev–Trinajstić information content (AvgIpc) is 3.32. The molecule has 0 unspecified atom stereocenters. The van der Waals surface area contributed by atoms with Crippen molar-refractivity contribution >= 4 is 41.8 Å². The van der Waals surface area contributed by atoms with E-state index in [2.05, 4.69) is 45.3 Å². The minimum absolute atomic E-state index is 0.228. The molecule has 1 fully saturated rings. The number of aliphatic hydroxyl groups is 2. The molecule has 0 aliphatic carbocycles. The van der Waals surface area contributed by atoms with Crippen LogP contribution in [-0.4, -0.2) is 59.0 Å². The molecule has 3 heterocycles. The molecule has 4 atom stereocenters. The number of rotatable bonds is 7. The van der Waals surface area contributed by atoms with Gasteiger partial charge in [-0.05, 0) is 30.7 Å². The molecule has 13 heteroatoms. The number of aromatic nitrogens is 3. The molecular formula is C24H26N3O8PS. The Kier molecular flexibility index (Phi) is 6.94. The van der Waals surface area contributed by atoms with Crippen LogP contribution >= 0.6 is 20.0 Å². The molecule has 11 nitrogen and oxygen atoms in total. The Balaban J connectivity index is 1.47. The van der Waals surface area contributed by atoms with Crippen molar-refractivity contribution in [2.75, 3.05) is 6.61 Å². The van der Waals surface area contributed by atoms with Gasteiger partial charge < -0.3 is 29.3 Å². The fraction of sp³-hybridized carbons (Fsp3) is 0.333. The van der Waals surface area contributed by atoms with E-state index in [9.17, 15) is 19.6 Å². The Morgan fingerprint density at radius 3 is 2.57 bits per heavy atom. The minimum atomic E-state index is -4.82. The molecule has 2 aromatic heterocycles. The van der Waals surface area contributed by atoms with E-state index < -0.39 is 44.7 Å². The number of hydrogen-bond donors (Lipinski definition) is 5. The maximum absolute atomic E-state index is 12.7. The van der Waals surface area contributed by atoms with E-state index >= 15 is 0 Å². The summed E-state index contributed by atoms with van der Waals surface area (Å²) in [6.07, 6.45) is -3.81. The van der Waals surface area contributed by atoms with Gasteiger partial charge in [-0.25, -0.2) is 9.36 Å². The zero-order chi connectivity index (χ0) is 26.5. The van der Waals surface area contributed by atoms with Gasteiger partial charge in [0.25, 0.3) is 0 Å². The zero-order valence-electron chi connectivity index (χ0n) is 19.7. The van der Waals surface area contributed by atoms with Crippen molar-refractivity contribution in [2.24, 2.45) is 0 Å². The second kappa shape index (κ2) is 9.90. The third kappa shape index (κ3) is 4.95. The number of ether oxygens (including phenoxy) is 1. The van der Waals surface area contributed by atoms with E-state index in [1.54, 1.807) is 0 Å². The van der Waals surface area contributed by atoms with Crippen LogP contribution in [0.2, 0.25) is 0 Å². The molecule has 196 valence electrons. The van der Waals surface area contributed by atoms with Crippen molar-refractivity contribution in [1.82, 2.24) is 14.1 Å². The number of benzene rings is 2. The predicted molar refractivity (Wildman–Crippen MR) is 138 cm³/mol. The molecule has 0 spiro atoms. The van der Waals surface area contributed by atoms with Gasteiger partial charge in [-0.3, -0.25) is 14.1 Å². The Hall–Kier alpha value is -2.67. The third-order valence-corrected chi connectivity index (χ3v) is 7.46. The van der Waals surface area contributed by atoms with Crippen LogP contribution in [0, 0.1) is 4.64 Å². The normalized spacial score (nSPS) is 22.3. The lowest BCUT2D eigenvalue weighted by atomic mass is 10.0. The van der Waals surface area contributed by atoms with Gasteiger partial charge in [0.05, 0.1) is 6.61 Å². The van der Waals surface area contributed by atoms with E-state index in [0.717, 1.165) is 38.5 Å². The van der Waals surface area contributed by atoms with E-state index in [-0.39, 0.29) is 4.64 Å². The van der Waals surface area contributed by atoms with Gasteiger partial charge in [-0.15, -0.1) is 0 Å². The summed E-state index contributed by atoms with van der Waals surface area (Å²) in [5, 5.41) is 23.0. The Morgan fingerprint density at radius 1 is 1.11 bits per heavy atom. The first kappa shape index (κ1) is 26.0. The summed E-state index contributed by atoms with van der Waals surface area (Å²) in [5.41, 5.74) is 3.14. The molecule has 1 aliphatic rings. The number of phosphoric acid groups is 1. The smallest absolute Gasteiger partial charge is 0.387 e. The molecule has 2 aromatic carbocycles. The van der Waals surface area contributed by atoms with Crippen molar-refractivity contribution in [3.05, 3.63) is 74.9 Å². The maximum atomic E-state index is 12.7. The summed E-state index contributed by atoms with van der Waals surface area (Å²) < 4.78 is 24.5. The molecule has 1 saturated heterocycles. The second-order valence-electron chi connectivity index (χ2n) is 8.94. The van der Waals surface area contributed by atoms with Crippen molar-refractivity contribution in [3.8, 4) is 0 Å². The summed E-state index contributed by atoms with van der Waals surface area (Å²) in [7, 11) is -4.82. The number of hydrogen-bond acceptors (Lipinski definition) is 7. The molecule has 0 bridgehead atoms. The summed E-state index contributed by atoms with van der Waals surface area (Å²) >= 11 is 5.39. The van der Waals surface area contributed by atoms with Crippen LogP contribution in [0.3, 0.4) is 0 Å². The number of H-pyrrole nitrogens is 1. The van der Waals surface area contributed by atoms with Gasteiger partial charge in [-0.2, -0.15) is 0 Å². The van der Waals surface area contributed by atoms with E-state index in [0.29, 0.717) is 12.0 Å². The van der Waals surface area contributed by atoms with Crippen molar-refractivity contribution in [1.29, 1.82) is 0 Å². The second-order valence-corrected chi connectivity index (χ2v) is 10.6. The third-order valence-electron chi connectivity index (χ3n) is 6.61. The molecule has 37 heavy (non-hydrogen) atoms. The minimum Gasteiger partial charge on any atom is -0.387 e. The van der Waals surface area contributed by atoms with Gasteiger partial charge in [-0.1, -0.05) is 36.5 Å². The van der Waals surface area contributed by atoms with Crippen molar-refractivity contribution in [2.45, 2.75) is 44.4 Å². The van der Waals surface area contributed by atoms with Gasteiger partial charge in [0.1, 0.15) is 23.0 Å². The highest BCUT2D eigenvalue weighted by molar-refractivity contribution is 7.71. The number of aromatic amines is 1. The van der Waals surface area contributed by atoms with E-state index in [1.165, 1.54) is 6.20 Å². The number of aliphatic hydroxyl groups excluding tert-OH is 2. The average molecular weight is 548 g/mol. The van der Waals surface area contributed by atoms with Crippen LogP contribution < -0.4 is 5.69 Å². The van der Waals surface area contributed by atoms with Gasteiger partial charge in [0.15, 0.2) is 6.23 Å². The quantitative estimate of drug-likeness (QED) is 0.173. The predicted octanol–water partition coefficient (Wildman–Crippen LogP) is 2.35. The largest absolute Gasteiger partial charge is 0.469 e. The van der Waals surface area contributed by atoms with Crippen molar-refractivity contribution in [3.63, 3.8) is 0 Å². The maximum Gasteiger partial charge on any atom is 0.469 e. The Morgan fingerprint density at radius 2 is 1.84 bits per heavy atom. The molecule has 0 radical (unpaired) electrons. The SMILES string of the molecule is CCn1c2ccccc2c2cc(Cc3cn([C@@H]4O[C@H](COP(=O)(O)O)[C@@H](O)[C@H]4O)c(=O)[nH]c3=S)ccc21. The lowest BCUT2D eigenvalue weighted by Gasteiger charge is -2.18. The number of para-hydroxylation sites is 1. The molecule has 5 rings (SSSR count). The number of phosphoric ester groups is 1. The van der Waals surface area contributed by atoms with Gasteiger partial charge >= 0.3 is 13.5 Å². The van der Waals surface area contributed by atoms with Crippen LogP contribution in [0.15, 0.2) is 53.5 Å². The first-order valence-electron chi connectivity index (χ1n) is 11.6. The van der Waals surface area contributed by atoms with Crippen molar-refractivity contribution < 1.29 is 33.8 Å². The first-order valence-corrected chi connectivity index (χ1v) is 13.6. The highest BCUT2D eigenvalue weighted by Crippen LogP contribution is 2.38. The van der Waals surface area contributed by atoms with E-state index in [1.807, 2.05) is 18.2 Å². The molecule has 0 amide bonds. The number of nitrogens with one attached hydrogen (secondary N) is 1. The molecular weight excluding hydrogens is 521 g/mol. The number of nitrogens with zero attached hydrogens (tertiary/aromatic N) is 2. The summed E-state index contributed by atoms with van der Waals surface area (Å²) in [5.74, 6) is 0. The Bertz CT molecular complexity index is 1640. The van der Waals surface area contributed by atoms with Gasteiger partial charge in [0.2, 0.25) is 0 Å².